The first-order valence-electron chi connectivity index (χ1n) is 7.16. The molecule has 1 N–H and O–H groups in total. The average Bonchev–Trinajstić information content (AvgIpc) is 2.72. The topological polar surface area (TPSA) is 57.6 Å². The number of carboxylic acids is 1. The number of hydrogen-bond acceptors (Lipinski definition) is 2. The summed E-state index contributed by atoms with van der Waals surface area (Å²) in [6.07, 6.45) is 2.83. The summed E-state index contributed by atoms with van der Waals surface area (Å²) in [6, 6.07) is 7.48. The minimum Gasteiger partial charge on any atom is -0.481 e. The van der Waals surface area contributed by atoms with Crippen molar-refractivity contribution in [2.45, 2.75) is 39.2 Å². The standard InChI is InChI=1S/C16H21NO3/c1-2-5-12-8-15(18)17(10-12)11-14-7-4-3-6-13(14)9-16(19)20/h3-4,6-7,12H,2,5,8-11H2,1H3,(H,19,20). The lowest BCUT2D eigenvalue weighted by molar-refractivity contribution is -0.136. The second kappa shape index (κ2) is 6.55. The Morgan fingerprint density at radius 3 is 2.70 bits per heavy atom. The molecule has 0 saturated carbocycles. The molecule has 20 heavy (non-hydrogen) atoms. The summed E-state index contributed by atoms with van der Waals surface area (Å²) in [5.74, 6) is -0.193. The Balaban J connectivity index is 2.06. The molecule has 0 aliphatic carbocycles. The highest BCUT2D eigenvalue weighted by Crippen LogP contribution is 2.24. The van der Waals surface area contributed by atoms with Gasteiger partial charge in [0, 0.05) is 19.5 Å². The number of hydrogen-bond donors (Lipinski definition) is 1. The predicted molar refractivity (Wildman–Crippen MR) is 76.2 cm³/mol. The Bertz CT molecular complexity index is 498. The number of carbonyl (C=O) groups is 2. The van der Waals surface area contributed by atoms with Gasteiger partial charge in [-0.25, -0.2) is 0 Å². The molecule has 1 aliphatic rings. The zero-order valence-electron chi connectivity index (χ0n) is 11.8. The fraction of sp³-hybridized carbons (Fsp3) is 0.500. The highest BCUT2D eigenvalue weighted by Gasteiger charge is 2.29. The molecule has 0 spiro atoms. The van der Waals surface area contributed by atoms with Crippen LogP contribution in [0.3, 0.4) is 0 Å². The Kier molecular flexibility index (Phi) is 4.77. The summed E-state index contributed by atoms with van der Waals surface area (Å²) in [4.78, 5) is 24.7. The van der Waals surface area contributed by atoms with E-state index < -0.39 is 5.97 Å². The number of carbonyl (C=O) groups excluding carboxylic acids is 1. The van der Waals surface area contributed by atoms with Crippen molar-refractivity contribution in [2.24, 2.45) is 5.92 Å². The van der Waals surface area contributed by atoms with Gasteiger partial charge >= 0.3 is 5.97 Å². The Labute approximate surface area is 119 Å². The van der Waals surface area contributed by atoms with Gasteiger partial charge in [-0.05, 0) is 23.5 Å². The highest BCUT2D eigenvalue weighted by atomic mass is 16.4. The lowest BCUT2D eigenvalue weighted by atomic mass is 10.0. The highest BCUT2D eigenvalue weighted by molar-refractivity contribution is 5.78. The third-order valence-corrected chi connectivity index (χ3v) is 3.81. The van der Waals surface area contributed by atoms with E-state index in [0.29, 0.717) is 18.9 Å². The number of rotatable bonds is 6. The van der Waals surface area contributed by atoms with E-state index in [4.69, 9.17) is 5.11 Å². The number of likely N-dealkylation sites (tertiary alicyclic amines) is 1. The van der Waals surface area contributed by atoms with Crippen molar-refractivity contribution in [1.29, 1.82) is 0 Å². The molecule has 1 atom stereocenters. The van der Waals surface area contributed by atoms with Crippen LogP contribution in [0.4, 0.5) is 0 Å². The maximum Gasteiger partial charge on any atom is 0.307 e. The Morgan fingerprint density at radius 1 is 1.35 bits per heavy atom. The van der Waals surface area contributed by atoms with Crippen LogP contribution in [0.1, 0.15) is 37.3 Å². The molecule has 1 aliphatic heterocycles. The summed E-state index contributed by atoms with van der Waals surface area (Å²) in [5.41, 5.74) is 1.74. The van der Waals surface area contributed by atoms with E-state index in [1.807, 2.05) is 29.2 Å². The predicted octanol–water partition coefficient (Wildman–Crippen LogP) is 2.46. The largest absolute Gasteiger partial charge is 0.481 e. The van der Waals surface area contributed by atoms with Gasteiger partial charge in [0.05, 0.1) is 6.42 Å². The molecule has 0 radical (unpaired) electrons. The lowest BCUT2D eigenvalue weighted by Crippen LogP contribution is -2.25. The van der Waals surface area contributed by atoms with E-state index in [9.17, 15) is 9.59 Å². The molecule has 0 bridgehead atoms. The lowest BCUT2D eigenvalue weighted by Gasteiger charge is -2.18. The van der Waals surface area contributed by atoms with Gasteiger partial charge in [-0.15, -0.1) is 0 Å². The molecule has 2 rings (SSSR count). The van der Waals surface area contributed by atoms with Crippen LogP contribution in [0.2, 0.25) is 0 Å². The van der Waals surface area contributed by atoms with Gasteiger partial charge in [0.2, 0.25) is 5.91 Å². The second-order valence-electron chi connectivity index (χ2n) is 5.47. The number of amides is 1. The van der Waals surface area contributed by atoms with Gasteiger partial charge < -0.3 is 10.0 Å². The van der Waals surface area contributed by atoms with Gasteiger partial charge in [-0.3, -0.25) is 9.59 Å². The third-order valence-electron chi connectivity index (χ3n) is 3.81. The molecule has 1 aromatic carbocycles. The number of carboxylic acid groups (broad SMARTS) is 1. The molecule has 1 aromatic rings. The minimum absolute atomic E-state index is 0.0105. The van der Waals surface area contributed by atoms with Crippen LogP contribution >= 0.6 is 0 Å². The molecule has 4 heteroatoms. The summed E-state index contributed by atoms with van der Waals surface area (Å²) in [6.45, 7) is 3.46. The Hall–Kier alpha value is -1.84. The van der Waals surface area contributed by atoms with Crippen LogP contribution in [0.5, 0.6) is 0 Å². The first-order valence-corrected chi connectivity index (χ1v) is 7.16. The number of nitrogens with zero attached hydrogens (tertiary/aromatic N) is 1. The maximum absolute atomic E-state index is 12.0. The summed E-state index contributed by atoms with van der Waals surface area (Å²) in [5, 5.41) is 8.94. The van der Waals surface area contributed by atoms with E-state index in [0.717, 1.165) is 30.5 Å². The zero-order valence-corrected chi connectivity index (χ0v) is 11.8. The summed E-state index contributed by atoms with van der Waals surface area (Å²) in [7, 11) is 0. The Morgan fingerprint density at radius 2 is 2.05 bits per heavy atom. The molecule has 4 nitrogen and oxygen atoms in total. The van der Waals surface area contributed by atoms with E-state index in [1.165, 1.54) is 0 Å². The van der Waals surface area contributed by atoms with Crippen LogP contribution in [0.25, 0.3) is 0 Å². The summed E-state index contributed by atoms with van der Waals surface area (Å²) >= 11 is 0. The molecule has 108 valence electrons. The molecule has 1 saturated heterocycles. The smallest absolute Gasteiger partial charge is 0.307 e. The van der Waals surface area contributed by atoms with Crippen LogP contribution < -0.4 is 0 Å². The first kappa shape index (κ1) is 14.6. The van der Waals surface area contributed by atoms with Crippen LogP contribution in [-0.2, 0) is 22.6 Å². The number of benzene rings is 1. The molecular formula is C16H21NO3. The van der Waals surface area contributed by atoms with Crippen LogP contribution in [0.15, 0.2) is 24.3 Å². The van der Waals surface area contributed by atoms with Crippen molar-refractivity contribution in [3.05, 3.63) is 35.4 Å². The minimum atomic E-state index is -0.839. The molecule has 1 fully saturated rings. The molecule has 1 amide bonds. The number of aliphatic carboxylic acids is 1. The first-order chi connectivity index (χ1) is 9.60. The normalized spacial score (nSPS) is 18.6. The van der Waals surface area contributed by atoms with Crippen molar-refractivity contribution in [1.82, 2.24) is 4.90 Å². The van der Waals surface area contributed by atoms with Gasteiger partial charge in [-0.2, -0.15) is 0 Å². The van der Waals surface area contributed by atoms with Crippen molar-refractivity contribution in [2.75, 3.05) is 6.54 Å². The zero-order chi connectivity index (χ0) is 14.5. The van der Waals surface area contributed by atoms with Crippen LogP contribution in [0, 0.1) is 5.92 Å². The second-order valence-corrected chi connectivity index (χ2v) is 5.47. The third kappa shape index (κ3) is 3.59. The monoisotopic (exact) mass is 275 g/mol. The molecule has 1 heterocycles. The fourth-order valence-electron chi connectivity index (χ4n) is 2.86. The van der Waals surface area contributed by atoms with E-state index >= 15 is 0 Å². The quantitative estimate of drug-likeness (QED) is 0.867. The molecule has 1 unspecified atom stereocenters. The van der Waals surface area contributed by atoms with Crippen molar-refractivity contribution in [3.8, 4) is 0 Å². The van der Waals surface area contributed by atoms with Crippen molar-refractivity contribution < 1.29 is 14.7 Å². The molecule has 0 aromatic heterocycles. The fourth-order valence-corrected chi connectivity index (χ4v) is 2.86. The van der Waals surface area contributed by atoms with Gasteiger partial charge in [-0.1, -0.05) is 37.6 Å². The van der Waals surface area contributed by atoms with E-state index in [2.05, 4.69) is 6.92 Å². The van der Waals surface area contributed by atoms with Crippen LogP contribution in [-0.4, -0.2) is 28.4 Å². The molecular weight excluding hydrogens is 254 g/mol. The van der Waals surface area contributed by atoms with E-state index in [-0.39, 0.29) is 12.3 Å². The SMILES string of the molecule is CCCC1CC(=O)N(Cc2ccccc2CC(=O)O)C1. The van der Waals surface area contributed by atoms with Gasteiger partial charge in [0.25, 0.3) is 0 Å². The summed E-state index contributed by atoms with van der Waals surface area (Å²) < 4.78 is 0. The van der Waals surface area contributed by atoms with Crippen molar-refractivity contribution in [3.63, 3.8) is 0 Å². The maximum atomic E-state index is 12.0. The van der Waals surface area contributed by atoms with Crippen molar-refractivity contribution >= 4 is 11.9 Å². The van der Waals surface area contributed by atoms with Gasteiger partial charge in [0.15, 0.2) is 0 Å². The average molecular weight is 275 g/mol. The van der Waals surface area contributed by atoms with E-state index in [1.54, 1.807) is 0 Å². The van der Waals surface area contributed by atoms with Gasteiger partial charge in [0.1, 0.15) is 0 Å².